The van der Waals surface area contributed by atoms with Crippen molar-refractivity contribution in [3.63, 3.8) is 0 Å². The Morgan fingerprint density at radius 3 is 1.07 bits per heavy atom. The molecular weight excluding hydrogens is 360 g/mol. The molecule has 0 atom stereocenters. The number of nitrogens with one attached hydrogen (secondary N) is 3. The minimum absolute atomic E-state index is 0.0126. The summed E-state index contributed by atoms with van der Waals surface area (Å²) >= 11 is 0. The zero-order valence-corrected chi connectivity index (χ0v) is 14.8. The largest absolute Gasteiger partial charge is 0.481 e. The Bertz CT molecular complexity index is 543. The molecule has 12 heteroatoms. The highest BCUT2D eigenvalue weighted by Gasteiger charge is 2.07. The zero-order chi connectivity index (χ0) is 20.1. The summed E-state index contributed by atoms with van der Waals surface area (Å²) in [5.74, 6) is -1.98. The van der Waals surface area contributed by atoms with Gasteiger partial charge >= 0.3 is 17.9 Å². The van der Waals surface area contributed by atoms with E-state index in [2.05, 4.69) is 30.9 Å². The molecule has 1 aromatic heterocycles. The fourth-order valence-corrected chi connectivity index (χ4v) is 1.93. The predicted octanol–water partition coefficient (Wildman–Crippen LogP) is 0.702. The lowest BCUT2D eigenvalue weighted by molar-refractivity contribution is -0.138. The highest BCUT2D eigenvalue weighted by molar-refractivity contribution is 5.67. The molecule has 0 fully saturated rings. The van der Waals surface area contributed by atoms with Crippen LogP contribution in [0.25, 0.3) is 0 Å². The molecule has 150 valence electrons. The van der Waals surface area contributed by atoms with Crippen LogP contribution in [0, 0.1) is 0 Å². The summed E-state index contributed by atoms with van der Waals surface area (Å²) in [6, 6.07) is 0. The number of rotatable bonds is 15. The van der Waals surface area contributed by atoms with Gasteiger partial charge in [0.2, 0.25) is 17.8 Å². The highest BCUT2D eigenvalue weighted by Crippen LogP contribution is 2.10. The molecule has 6 N–H and O–H groups in total. The first-order valence-corrected chi connectivity index (χ1v) is 8.50. The highest BCUT2D eigenvalue weighted by atomic mass is 16.4. The number of aromatic nitrogens is 3. The van der Waals surface area contributed by atoms with Crippen LogP contribution in [0.2, 0.25) is 0 Å². The Labute approximate surface area is 155 Å². The summed E-state index contributed by atoms with van der Waals surface area (Å²) in [6.45, 7) is 1.06. The van der Waals surface area contributed by atoms with Crippen molar-refractivity contribution in [2.45, 2.75) is 38.5 Å². The van der Waals surface area contributed by atoms with Gasteiger partial charge in [-0.2, -0.15) is 15.0 Å². The molecule has 0 unspecified atom stereocenters. The van der Waals surface area contributed by atoms with E-state index in [4.69, 9.17) is 15.3 Å². The first-order valence-electron chi connectivity index (χ1n) is 8.50. The van der Waals surface area contributed by atoms with Crippen LogP contribution < -0.4 is 16.0 Å². The van der Waals surface area contributed by atoms with Gasteiger partial charge < -0.3 is 31.3 Å². The minimum atomic E-state index is -0.894. The number of aliphatic carboxylic acids is 3. The minimum Gasteiger partial charge on any atom is -0.481 e. The summed E-state index contributed by atoms with van der Waals surface area (Å²) in [5.41, 5.74) is 0. The number of hydrogen-bond donors (Lipinski definition) is 6. The summed E-state index contributed by atoms with van der Waals surface area (Å²) in [5, 5.41) is 34.6. The molecule has 0 aliphatic carbocycles. The lowest BCUT2D eigenvalue weighted by Gasteiger charge is -2.11. The molecular formula is C15H24N6O6. The molecule has 0 saturated carbocycles. The van der Waals surface area contributed by atoms with Crippen molar-refractivity contribution >= 4 is 35.8 Å². The molecule has 0 radical (unpaired) electrons. The number of nitrogens with zero attached hydrogens (tertiary/aromatic N) is 3. The van der Waals surface area contributed by atoms with Gasteiger partial charge in [-0.25, -0.2) is 0 Å². The Balaban J connectivity index is 2.63. The van der Waals surface area contributed by atoms with Crippen LogP contribution in [-0.4, -0.2) is 67.8 Å². The summed E-state index contributed by atoms with van der Waals surface area (Å²) in [4.78, 5) is 44.1. The van der Waals surface area contributed by atoms with E-state index in [1.807, 2.05) is 0 Å². The van der Waals surface area contributed by atoms with Crippen molar-refractivity contribution in [2.75, 3.05) is 35.6 Å². The van der Waals surface area contributed by atoms with Gasteiger partial charge in [0.25, 0.3) is 0 Å². The maximum Gasteiger partial charge on any atom is 0.303 e. The quantitative estimate of drug-likeness (QED) is 0.233. The Kier molecular flexibility index (Phi) is 9.89. The lowest BCUT2D eigenvalue weighted by Crippen LogP contribution is -2.15. The number of anilines is 3. The topological polar surface area (TPSA) is 187 Å². The van der Waals surface area contributed by atoms with Gasteiger partial charge in [-0.1, -0.05) is 0 Å². The fourth-order valence-electron chi connectivity index (χ4n) is 1.93. The third-order valence-electron chi connectivity index (χ3n) is 3.19. The molecule has 1 heterocycles. The van der Waals surface area contributed by atoms with E-state index in [-0.39, 0.29) is 37.1 Å². The first-order chi connectivity index (χ1) is 12.9. The van der Waals surface area contributed by atoms with Crippen LogP contribution in [-0.2, 0) is 14.4 Å². The number of carboxylic acid groups (broad SMARTS) is 3. The fraction of sp³-hybridized carbons (Fsp3) is 0.600. The van der Waals surface area contributed by atoms with Crippen molar-refractivity contribution in [3.05, 3.63) is 0 Å². The Morgan fingerprint density at radius 1 is 0.593 bits per heavy atom. The van der Waals surface area contributed by atoms with Crippen LogP contribution in [0.3, 0.4) is 0 Å². The van der Waals surface area contributed by atoms with Crippen LogP contribution >= 0.6 is 0 Å². The van der Waals surface area contributed by atoms with Crippen LogP contribution in [0.15, 0.2) is 0 Å². The van der Waals surface area contributed by atoms with Gasteiger partial charge in [0, 0.05) is 38.9 Å². The molecule has 27 heavy (non-hydrogen) atoms. The Hall–Kier alpha value is -3.18. The van der Waals surface area contributed by atoms with Crippen LogP contribution in [0.5, 0.6) is 0 Å². The van der Waals surface area contributed by atoms with E-state index in [9.17, 15) is 14.4 Å². The molecule has 1 aromatic rings. The predicted molar refractivity (Wildman–Crippen MR) is 95.9 cm³/mol. The van der Waals surface area contributed by atoms with E-state index in [1.165, 1.54) is 0 Å². The number of hydrogen-bond acceptors (Lipinski definition) is 9. The summed E-state index contributed by atoms with van der Waals surface area (Å²) in [6.07, 6.45) is 1.22. The van der Waals surface area contributed by atoms with E-state index in [1.54, 1.807) is 0 Å². The average Bonchev–Trinajstić information content (AvgIpc) is 2.59. The SMILES string of the molecule is O=C(O)CCCNc1nc(NCCCC(=O)O)nc(NCCCC(=O)O)n1. The standard InChI is InChI=1S/C15H24N6O6/c22-10(23)4-1-7-16-13-19-14(17-8-2-5-11(24)25)21-15(20-13)18-9-3-6-12(26)27/h1-9H2,(H,22,23)(H,24,25)(H,26,27)(H3,16,17,18,19,20,21). The summed E-state index contributed by atoms with van der Waals surface area (Å²) in [7, 11) is 0. The maximum atomic E-state index is 10.5. The molecule has 0 spiro atoms. The second-order valence-electron chi connectivity index (χ2n) is 5.58. The maximum absolute atomic E-state index is 10.5. The van der Waals surface area contributed by atoms with Crippen molar-refractivity contribution in [1.29, 1.82) is 0 Å². The first kappa shape index (κ1) is 21.9. The lowest BCUT2D eigenvalue weighted by atomic mass is 10.3. The Morgan fingerprint density at radius 2 is 0.852 bits per heavy atom. The van der Waals surface area contributed by atoms with Crippen LogP contribution in [0.4, 0.5) is 17.8 Å². The number of carbonyl (C=O) groups is 3. The zero-order valence-electron chi connectivity index (χ0n) is 14.8. The van der Waals surface area contributed by atoms with Gasteiger partial charge in [0.05, 0.1) is 0 Å². The molecule has 0 saturated heterocycles. The van der Waals surface area contributed by atoms with E-state index in [0.29, 0.717) is 38.9 Å². The third-order valence-corrected chi connectivity index (χ3v) is 3.19. The normalized spacial score (nSPS) is 10.2. The van der Waals surface area contributed by atoms with E-state index < -0.39 is 17.9 Å². The summed E-state index contributed by atoms with van der Waals surface area (Å²) < 4.78 is 0. The molecule has 0 amide bonds. The van der Waals surface area contributed by atoms with E-state index >= 15 is 0 Å². The third kappa shape index (κ3) is 11.1. The second kappa shape index (κ2) is 12.2. The van der Waals surface area contributed by atoms with Crippen molar-refractivity contribution in [2.24, 2.45) is 0 Å². The van der Waals surface area contributed by atoms with Crippen molar-refractivity contribution in [3.8, 4) is 0 Å². The molecule has 0 bridgehead atoms. The van der Waals surface area contributed by atoms with Gasteiger partial charge in [-0.05, 0) is 19.3 Å². The van der Waals surface area contributed by atoms with Crippen LogP contribution in [0.1, 0.15) is 38.5 Å². The van der Waals surface area contributed by atoms with E-state index in [0.717, 1.165) is 0 Å². The van der Waals surface area contributed by atoms with Gasteiger partial charge in [0.15, 0.2) is 0 Å². The second-order valence-corrected chi connectivity index (χ2v) is 5.58. The van der Waals surface area contributed by atoms with Gasteiger partial charge in [-0.15, -0.1) is 0 Å². The van der Waals surface area contributed by atoms with Gasteiger partial charge in [-0.3, -0.25) is 14.4 Å². The molecule has 12 nitrogen and oxygen atoms in total. The van der Waals surface area contributed by atoms with Crippen molar-refractivity contribution < 1.29 is 29.7 Å². The van der Waals surface area contributed by atoms with Gasteiger partial charge in [0.1, 0.15) is 0 Å². The smallest absolute Gasteiger partial charge is 0.303 e. The monoisotopic (exact) mass is 384 g/mol. The molecule has 0 aliphatic rings. The average molecular weight is 384 g/mol. The molecule has 1 rings (SSSR count). The number of carboxylic acids is 3. The molecule has 0 aliphatic heterocycles. The molecule has 0 aromatic carbocycles. The van der Waals surface area contributed by atoms with Crippen molar-refractivity contribution in [1.82, 2.24) is 15.0 Å².